The molecule has 1 aliphatic heterocycles. The molecule has 104 valence electrons. The van der Waals surface area contributed by atoms with Crippen LogP contribution in [0.2, 0.25) is 0 Å². The van der Waals surface area contributed by atoms with Crippen LogP contribution in [0.25, 0.3) is 0 Å². The van der Waals surface area contributed by atoms with Crippen molar-refractivity contribution in [3.8, 4) is 0 Å². The van der Waals surface area contributed by atoms with Crippen LogP contribution in [-0.4, -0.2) is 69.9 Å². The van der Waals surface area contributed by atoms with Gasteiger partial charge in [0, 0.05) is 5.08 Å². The van der Waals surface area contributed by atoms with Gasteiger partial charge in [0.2, 0.25) is 0 Å². The molecule has 1 heterocycles. The Balaban J connectivity index is 3.18. The average Bonchev–Trinajstić information content (AvgIpc) is 2.12. The minimum absolute atomic E-state index is 0.0642. The molecule has 1 atom stereocenters. The van der Waals surface area contributed by atoms with Crippen LogP contribution in [0.5, 0.6) is 0 Å². The van der Waals surface area contributed by atoms with Gasteiger partial charge < -0.3 is 15.6 Å². The largest absolute Gasteiger partial charge is 0.561 e. The van der Waals surface area contributed by atoms with Crippen LogP contribution in [0.15, 0.2) is 9.98 Å². The number of hydrogen-bond donors (Lipinski definition) is 6. The maximum atomic E-state index is 10.8. The SMILES string of the molecule is [O-][N+](O)(O)C1=NC([N+]([O-])(O)O)N([N+]([O-])(O)O)C=N1. The second-order valence-corrected chi connectivity index (χ2v) is 3.05. The molecule has 0 fully saturated rings. The highest BCUT2D eigenvalue weighted by Gasteiger charge is 2.47. The van der Waals surface area contributed by atoms with E-state index >= 15 is 0 Å². The lowest BCUT2D eigenvalue weighted by molar-refractivity contribution is -1.32. The Kier molecular flexibility index (Phi) is 3.35. The molecular formula is C3H8N6O9. The van der Waals surface area contributed by atoms with Gasteiger partial charge in [-0.1, -0.05) is 5.01 Å². The monoisotopic (exact) mass is 272 g/mol. The smallest absolute Gasteiger partial charge is 0.401 e. The molecule has 0 radical (unpaired) electrons. The standard InChI is InChI=1S/C3H8N6O9/c10-7(11,12)2-4-1-6(9(16,17)18)3(5-2)8(13,14)15/h1,3,10-11,13-14,16-17H. The zero-order valence-corrected chi connectivity index (χ0v) is 8.25. The van der Waals surface area contributed by atoms with Crippen molar-refractivity contribution in [1.29, 1.82) is 0 Å². The topological polar surface area (TPSA) is 219 Å². The summed E-state index contributed by atoms with van der Waals surface area (Å²) in [4.78, 5) is -1.11. The molecule has 18 heavy (non-hydrogen) atoms. The summed E-state index contributed by atoms with van der Waals surface area (Å²) in [6, 6.07) is 0. The maximum Gasteiger partial charge on any atom is 0.401 e. The van der Waals surface area contributed by atoms with Crippen molar-refractivity contribution >= 4 is 12.3 Å². The van der Waals surface area contributed by atoms with E-state index in [1.54, 1.807) is 0 Å². The minimum atomic E-state index is -3.39. The number of nitrogens with zero attached hydrogens (tertiary/aromatic N) is 6. The van der Waals surface area contributed by atoms with Crippen molar-refractivity contribution in [3.63, 3.8) is 0 Å². The van der Waals surface area contributed by atoms with Crippen molar-refractivity contribution in [1.82, 2.24) is 5.01 Å². The summed E-state index contributed by atoms with van der Waals surface area (Å²) in [5.74, 6) is -1.47. The van der Waals surface area contributed by atoms with E-state index in [2.05, 4.69) is 9.98 Å². The fraction of sp³-hybridized carbons (Fsp3) is 0.333. The Morgan fingerprint density at radius 1 is 1.06 bits per heavy atom. The average molecular weight is 272 g/mol. The predicted molar refractivity (Wildman–Crippen MR) is 43.2 cm³/mol. The number of rotatable bonds is 2. The molecule has 15 heteroatoms. The Morgan fingerprint density at radius 3 is 1.89 bits per heavy atom. The summed E-state index contributed by atoms with van der Waals surface area (Å²) in [5, 5.41) is 79.8. The lowest BCUT2D eigenvalue weighted by Crippen LogP contribution is -2.65. The summed E-state index contributed by atoms with van der Waals surface area (Å²) in [6.45, 7) is 0. The summed E-state index contributed by atoms with van der Waals surface area (Å²) in [7, 11) is 0. The molecule has 1 rings (SSSR count). The van der Waals surface area contributed by atoms with Gasteiger partial charge in [0.1, 0.15) is 0 Å². The molecule has 0 aliphatic carbocycles. The van der Waals surface area contributed by atoms with Crippen LogP contribution in [0.1, 0.15) is 0 Å². The fourth-order valence-electron chi connectivity index (χ4n) is 0.948. The van der Waals surface area contributed by atoms with Crippen LogP contribution in [0, 0.1) is 15.6 Å². The lowest BCUT2D eigenvalue weighted by atomic mass is 10.7. The third kappa shape index (κ3) is 3.11. The van der Waals surface area contributed by atoms with Gasteiger partial charge in [-0.2, -0.15) is 36.2 Å². The van der Waals surface area contributed by atoms with Crippen molar-refractivity contribution < 1.29 is 46.3 Å². The highest BCUT2D eigenvalue weighted by Crippen LogP contribution is 2.19. The number of quaternary nitrogens is 3. The van der Waals surface area contributed by atoms with E-state index in [-0.39, 0.29) is 6.34 Å². The van der Waals surface area contributed by atoms with E-state index in [1.807, 2.05) is 0 Å². The van der Waals surface area contributed by atoms with E-state index in [1.165, 1.54) is 0 Å². The first-order chi connectivity index (χ1) is 7.83. The van der Waals surface area contributed by atoms with Crippen LogP contribution in [0.4, 0.5) is 0 Å². The molecule has 15 nitrogen and oxygen atoms in total. The molecule has 0 saturated carbocycles. The molecule has 0 aromatic rings. The van der Waals surface area contributed by atoms with Gasteiger partial charge in [-0.3, -0.25) is 0 Å². The van der Waals surface area contributed by atoms with Crippen molar-refractivity contribution in [2.24, 2.45) is 9.98 Å². The molecule has 0 spiro atoms. The number of aliphatic imine (C=N–C) groups is 2. The minimum Gasteiger partial charge on any atom is -0.561 e. The van der Waals surface area contributed by atoms with E-state index in [9.17, 15) is 15.6 Å². The van der Waals surface area contributed by atoms with Gasteiger partial charge in [0.05, 0.1) is 0 Å². The van der Waals surface area contributed by atoms with Gasteiger partial charge >= 0.3 is 12.2 Å². The first-order valence-corrected chi connectivity index (χ1v) is 3.91. The van der Waals surface area contributed by atoms with Crippen LogP contribution in [-0.2, 0) is 0 Å². The molecule has 0 bridgehead atoms. The predicted octanol–water partition coefficient (Wildman–Crippen LogP) is -1.84. The third-order valence-corrected chi connectivity index (χ3v) is 1.62. The normalized spacial score (nSPS) is 22.2. The highest BCUT2D eigenvalue weighted by molar-refractivity contribution is 5.83. The number of hydrogen-bond acceptors (Lipinski definition) is 12. The van der Waals surface area contributed by atoms with Gasteiger partial charge in [-0.05, 0) is 9.95 Å². The Morgan fingerprint density at radius 2 is 1.56 bits per heavy atom. The van der Waals surface area contributed by atoms with E-state index in [4.69, 9.17) is 31.2 Å². The molecule has 1 unspecified atom stereocenters. The zero-order chi connectivity index (χ0) is 14.4. The first kappa shape index (κ1) is 14.7. The van der Waals surface area contributed by atoms with E-state index < -0.39 is 32.3 Å². The maximum absolute atomic E-state index is 10.8. The molecule has 0 aromatic heterocycles. The zero-order valence-electron chi connectivity index (χ0n) is 8.25. The third-order valence-electron chi connectivity index (χ3n) is 1.62. The van der Waals surface area contributed by atoms with Crippen LogP contribution >= 0.6 is 0 Å². The Labute approximate surface area is 96.6 Å². The summed E-state index contributed by atoms with van der Waals surface area (Å²) >= 11 is 0. The Hall–Kier alpha value is -1.34. The summed E-state index contributed by atoms with van der Waals surface area (Å²) < 4.78 is 0. The van der Waals surface area contributed by atoms with Crippen LogP contribution < -0.4 is 0 Å². The van der Waals surface area contributed by atoms with Gasteiger partial charge in [0.25, 0.3) is 0 Å². The highest BCUT2D eigenvalue weighted by atomic mass is 17.1. The summed E-state index contributed by atoms with van der Waals surface area (Å²) in [5.41, 5.74) is 0. The van der Waals surface area contributed by atoms with Crippen LogP contribution in [0.3, 0.4) is 0 Å². The van der Waals surface area contributed by atoms with Crippen molar-refractivity contribution in [2.45, 2.75) is 6.29 Å². The lowest BCUT2D eigenvalue weighted by Gasteiger charge is -2.40. The van der Waals surface area contributed by atoms with Crippen molar-refractivity contribution in [3.05, 3.63) is 15.6 Å². The Bertz CT molecular complexity index is 373. The molecule has 1 aliphatic rings. The second-order valence-electron chi connectivity index (χ2n) is 3.05. The van der Waals surface area contributed by atoms with Gasteiger partial charge in [-0.25, -0.2) is 0 Å². The second kappa shape index (κ2) is 4.10. The number of guanidine groups is 1. The van der Waals surface area contributed by atoms with Gasteiger partial charge in [0.15, 0.2) is 6.34 Å². The molecule has 6 N–H and O–H groups in total. The summed E-state index contributed by atoms with van der Waals surface area (Å²) in [6.07, 6.45) is -2.68. The first-order valence-electron chi connectivity index (χ1n) is 3.91. The van der Waals surface area contributed by atoms with E-state index in [0.29, 0.717) is 0 Å². The quantitative estimate of drug-likeness (QED) is 0.243. The number of hydroxylamine groups is 6. The molecular weight excluding hydrogens is 264 g/mol. The van der Waals surface area contributed by atoms with Crippen molar-refractivity contribution in [2.75, 3.05) is 0 Å². The molecule has 0 aromatic carbocycles. The van der Waals surface area contributed by atoms with Gasteiger partial charge in [-0.15, -0.1) is 4.99 Å². The molecule has 0 amide bonds. The van der Waals surface area contributed by atoms with E-state index in [0.717, 1.165) is 0 Å². The molecule has 0 saturated heterocycles. The fourth-order valence-corrected chi connectivity index (χ4v) is 0.948.